The molecule has 0 aromatic heterocycles. The van der Waals surface area contributed by atoms with Crippen LogP contribution in [0.25, 0.3) is 0 Å². The van der Waals surface area contributed by atoms with Gasteiger partial charge in [-0.25, -0.2) is 0 Å². The van der Waals surface area contributed by atoms with E-state index in [0.717, 1.165) is 31.7 Å². The van der Waals surface area contributed by atoms with Crippen molar-refractivity contribution in [3.8, 4) is 0 Å². The second kappa shape index (κ2) is 4.73. The number of hydrogen-bond acceptors (Lipinski definition) is 2. The molecule has 3 heteroatoms. The molecular formula is C15H20N2O. The van der Waals surface area contributed by atoms with Crippen LogP contribution in [-0.4, -0.2) is 37.0 Å². The first-order valence-electron chi connectivity index (χ1n) is 6.76. The van der Waals surface area contributed by atoms with Gasteiger partial charge in [-0.3, -0.25) is 4.79 Å². The standard InChI is InChI=1S/C15H20N2O/c1-11-2-4-12(5-3-11)6-15(18)17-9-13-7-16-8-14(13)10-17/h2-5,13-14,16H,6-10H2,1H3/t13-,14+. The van der Waals surface area contributed by atoms with E-state index in [1.165, 1.54) is 5.56 Å². The third-order valence-electron chi connectivity index (χ3n) is 4.22. The van der Waals surface area contributed by atoms with Crippen molar-refractivity contribution in [2.24, 2.45) is 11.8 Å². The summed E-state index contributed by atoms with van der Waals surface area (Å²) in [6.45, 7) is 6.13. The minimum Gasteiger partial charge on any atom is -0.342 e. The summed E-state index contributed by atoms with van der Waals surface area (Å²) < 4.78 is 0. The van der Waals surface area contributed by atoms with Crippen molar-refractivity contribution >= 4 is 5.91 Å². The van der Waals surface area contributed by atoms with Crippen LogP contribution in [0.15, 0.2) is 24.3 Å². The fraction of sp³-hybridized carbons (Fsp3) is 0.533. The lowest BCUT2D eigenvalue weighted by atomic mass is 10.0. The fourth-order valence-corrected chi connectivity index (χ4v) is 3.05. The average molecular weight is 244 g/mol. The van der Waals surface area contributed by atoms with Gasteiger partial charge in [0.25, 0.3) is 0 Å². The van der Waals surface area contributed by atoms with E-state index in [1.54, 1.807) is 0 Å². The molecule has 18 heavy (non-hydrogen) atoms. The molecular weight excluding hydrogens is 224 g/mol. The zero-order valence-electron chi connectivity index (χ0n) is 10.9. The van der Waals surface area contributed by atoms with Crippen molar-refractivity contribution in [1.29, 1.82) is 0 Å². The van der Waals surface area contributed by atoms with Crippen LogP contribution in [0.3, 0.4) is 0 Å². The van der Waals surface area contributed by atoms with Gasteiger partial charge in [-0.1, -0.05) is 29.8 Å². The number of aryl methyl sites for hydroxylation is 1. The molecule has 2 aliphatic heterocycles. The highest BCUT2D eigenvalue weighted by Crippen LogP contribution is 2.26. The molecule has 0 radical (unpaired) electrons. The van der Waals surface area contributed by atoms with Crippen molar-refractivity contribution in [2.75, 3.05) is 26.2 Å². The quantitative estimate of drug-likeness (QED) is 0.848. The third kappa shape index (κ3) is 2.27. The molecule has 1 amide bonds. The van der Waals surface area contributed by atoms with E-state index in [4.69, 9.17) is 0 Å². The van der Waals surface area contributed by atoms with Crippen LogP contribution < -0.4 is 5.32 Å². The van der Waals surface area contributed by atoms with Crippen LogP contribution in [-0.2, 0) is 11.2 Å². The number of rotatable bonds is 2. The zero-order chi connectivity index (χ0) is 12.5. The van der Waals surface area contributed by atoms with Crippen LogP contribution in [0.1, 0.15) is 11.1 Å². The number of carbonyl (C=O) groups excluding carboxylic acids is 1. The molecule has 1 N–H and O–H groups in total. The number of likely N-dealkylation sites (tertiary alicyclic amines) is 1. The van der Waals surface area contributed by atoms with Gasteiger partial charge in [-0.05, 0) is 24.3 Å². The summed E-state index contributed by atoms with van der Waals surface area (Å²) >= 11 is 0. The van der Waals surface area contributed by atoms with Gasteiger partial charge in [-0.15, -0.1) is 0 Å². The van der Waals surface area contributed by atoms with Crippen LogP contribution in [0.4, 0.5) is 0 Å². The van der Waals surface area contributed by atoms with Gasteiger partial charge in [0.1, 0.15) is 0 Å². The van der Waals surface area contributed by atoms with E-state index in [0.29, 0.717) is 18.3 Å². The minimum atomic E-state index is 0.285. The number of amides is 1. The normalized spacial score (nSPS) is 26.4. The Morgan fingerprint density at radius 3 is 2.44 bits per heavy atom. The van der Waals surface area contributed by atoms with Crippen molar-refractivity contribution < 1.29 is 4.79 Å². The molecule has 2 fully saturated rings. The zero-order valence-corrected chi connectivity index (χ0v) is 10.9. The van der Waals surface area contributed by atoms with E-state index >= 15 is 0 Å². The average Bonchev–Trinajstić information content (AvgIpc) is 2.92. The third-order valence-corrected chi connectivity index (χ3v) is 4.22. The maximum atomic E-state index is 12.2. The minimum absolute atomic E-state index is 0.285. The van der Waals surface area contributed by atoms with E-state index in [9.17, 15) is 4.79 Å². The Morgan fingerprint density at radius 2 is 1.83 bits per heavy atom. The summed E-state index contributed by atoms with van der Waals surface area (Å²) in [6.07, 6.45) is 0.549. The number of fused-ring (bicyclic) bond motifs is 1. The van der Waals surface area contributed by atoms with Crippen LogP contribution in [0, 0.1) is 18.8 Å². The van der Waals surface area contributed by atoms with Crippen LogP contribution >= 0.6 is 0 Å². The highest BCUT2D eigenvalue weighted by Gasteiger charge is 2.37. The Kier molecular flexibility index (Phi) is 3.08. The lowest BCUT2D eigenvalue weighted by Crippen LogP contribution is -2.32. The predicted molar refractivity (Wildman–Crippen MR) is 71.3 cm³/mol. The number of benzene rings is 1. The summed E-state index contributed by atoms with van der Waals surface area (Å²) in [5.41, 5.74) is 2.37. The predicted octanol–water partition coefficient (Wildman–Crippen LogP) is 1.22. The topological polar surface area (TPSA) is 32.3 Å². The Labute approximate surface area is 108 Å². The maximum absolute atomic E-state index is 12.2. The highest BCUT2D eigenvalue weighted by atomic mass is 16.2. The fourth-order valence-electron chi connectivity index (χ4n) is 3.05. The SMILES string of the molecule is Cc1ccc(CC(=O)N2C[C@H]3CNC[C@H]3C2)cc1. The molecule has 2 aliphatic rings. The molecule has 0 saturated carbocycles. The van der Waals surface area contributed by atoms with E-state index in [1.807, 2.05) is 0 Å². The number of nitrogens with one attached hydrogen (secondary N) is 1. The molecule has 2 heterocycles. The second-order valence-electron chi connectivity index (χ2n) is 5.64. The maximum Gasteiger partial charge on any atom is 0.227 e. The van der Waals surface area contributed by atoms with Crippen molar-refractivity contribution in [2.45, 2.75) is 13.3 Å². The molecule has 0 spiro atoms. The van der Waals surface area contributed by atoms with Crippen molar-refractivity contribution in [1.82, 2.24) is 10.2 Å². The van der Waals surface area contributed by atoms with Gasteiger partial charge < -0.3 is 10.2 Å². The van der Waals surface area contributed by atoms with Crippen LogP contribution in [0.2, 0.25) is 0 Å². The van der Waals surface area contributed by atoms with Crippen molar-refractivity contribution in [3.05, 3.63) is 35.4 Å². The Morgan fingerprint density at radius 1 is 1.22 bits per heavy atom. The second-order valence-corrected chi connectivity index (χ2v) is 5.64. The first kappa shape index (κ1) is 11.7. The first-order valence-corrected chi connectivity index (χ1v) is 6.76. The molecule has 96 valence electrons. The smallest absolute Gasteiger partial charge is 0.227 e. The summed E-state index contributed by atoms with van der Waals surface area (Å²) in [4.78, 5) is 14.3. The van der Waals surface area contributed by atoms with Gasteiger partial charge in [0.15, 0.2) is 0 Å². The number of carbonyl (C=O) groups is 1. The van der Waals surface area contributed by atoms with Crippen LogP contribution in [0.5, 0.6) is 0 Å². The van der Waals surface area contributed by atoms with Crippen molar-refractivity contribution in [3.63, 3.8) is 0 Å². The molecule has 3 rings (SSSR count). The molecule has 3 nitrogen and oxygen atoms in total. The molecule has 0 bridgehead atoms. The first-order chi connectivity index (χ1) is 8.72. The Balaban J connectivity index is 1.60. The van der Waals surface area contributed by atoms with Gasteiger partial charge in [0.05, 0.1) is 6.42 Å². The van der Waals surface area contributed by atoms with Gasteiger partial charge in [0.2, 0.25) is 5.91 Å². The molecule has 0 aliphatic carbocycles. The molecule has 2 saturated heterocycles. The summed E-state index contributed by atoms with van der Waals surface area (Å²) in [7, 11) is 0. The molecule has 2 atom stereocenters. The summed E-state index contributed by atoms with van der Waals surface area (Å²) in [6, 6.07) is 8.27. The molecule has 1 aromatic rings. The lowest BCUT2D eigenvalue weighted by Gasteiger charge is -2.17. The Bertz CT molecular complexity index is 428. The monoisotopic (exact) mass is 244 g/mol. The summed E-state index contributed by atoms with van der Waals surface area (Å²) in [5.74, 6) is 1.66. The molecule has 1 aromatic carbocycles. The van der Waals surface area contributed by atoms with E-state index in [2.05, 4.69) is 41.4 Å². The number of hydrogen-bond donors (Lipinski definition) is 1. The van der Waals surface area contributed by atoms with E-state index < -0.39 is 0 Å². The molecule has 0 unspecified atom stereocenters. The Hall–Kier alpha value is -1.35. The van der Waals surface area contributed by atoms with Gasteiger partial charge in [-0.2, -0.15) is 0 Å². The van der Waals surface area contributed by atoms with Gasteiger partial charge in [0, 0.05) is 26.2 Å². The largest absolute Gasteiger partial charge is 0.342 e. The van der Waals surface area contributed by atoms with Gasteiger partial charge >= 0.3 is 0 Å². The highest BCUT2D eigenvalue weighted by molar-refractivity contribution is 5.79. The number of nitrogens with zero attached hydrogens (tertiary/aromatic N) is 1. The van der Waals surface area contributed by atoms with E-state index in [-0.39, 0.29) is 5.91 Å². The lowest BCUT2D eigenvalue weighted by molar-refractivity contribution is -0.129. The summed E-state index contributed by atoms with van der Waals surface area (Å²) in [5, 5.41) is 3.40.